The van der Waals surface area contributed by atoms with E-state index in [4.69, 9.17) is 9.47 Å². The number of para-hydroxylation sites is 2. The Morgan fingerprint density at radius 3 is 2.59 bits per heavy atom. The van der Waals surface area contributed by atoms with Gasteiger partial charge < -0.3 is 19.3 Å². The fraction of sp³-hybridized carbons (Fsp3) is 0.364. The number of thioether (sulfide) groups is 1. The Bertz CT molecular complexity index is 898. The van der Waals surface area contributed by atoms with Crippen LogP contribution in [-0.2, 0) is 14.3 Å². The van der Waals surface area contributed by atoms with Crippen LogP contribution in [0.25, 0.3) is 0 Å². The number of nitrogens with zero attached hydrogens (tertiary/aromatic N) is 2. The molecule has 0 N–H and O–H groups in total. The van der Waals surface area contributed by atoms with E-state index in [9.17, 15) is 9.59 Å². The Morgan fingerprint density at radius 2 is 1.79 bits per heavy atom. The van der Waals surface area contributed by atoms with Crippen LogP contribution in [-0.4, -0.2) is 61.4 Å². The molecule has 0 saturated carbocycles. The van der Waals surface area contributed by atoms with Crippen molar-refractivity contribution < 1.29 is 19.1 Å². The first kappa shape index (κ1) is 19.8. The lowest BCUT2D eigenvalue weighted by Gasteiger charge is -2.37. The lowest BCUT2D eigenvalue weighted by Crippen LogP contribution is -2.54. The Morgan fingerprint density at radius 1 is 1.07 bits per heavy atom. The van der Waals surface area contributed by atoms with E-state index in [1.807, 2.05) is 55.5 Å². The van der Waals surface area contributed by atoms with E-state index in [1.165, 1.54) is 11.8 Å². The van der Waals surface area contributed by atoms with Gasteiger partial charge in [-0.15, -0.1) is 11.8 Å². The van der Waals surface area contributed by atoms with Gasteiger partial charge in [-0.2, -0.15) is 0 Å². The van der Waals surface area contributed by atoms with E-state index in [2.05, 4.69) is 0 Å². The minimum Gasteiger partial charge on any atom is -0.476 e. The number of ether oxygens (including phenoxy) is 2. The van der Waals surface area contributed by atoms with E-state index >= 15 is 0 Å². The zero-order valence-corrected chi connectivity index (χ0v) is 17.2. The van der Waals surface area contributed by atoms with Gasteiger partial charge in [0.15, 0.2) is 6.10 Å². The van der Waals surface area contributed by atoms with Crippen LogP contribution in [0.4, 0.5) is 5.69 Å². The second kappa shape index (κ2) is 8.88. The molecule has 1 saturated heterocycles. The maximum Gasteiger partial charge on any atom is 0.265 e. The maximum absolute atomic E-state index is 13.1. The molecule has 152 valence electrons. The summed E-state index contributed by atoms with van der Waals surface area (Å²) in [5, 5.41) is 0. The number of anilines is 1. The number of hydrogen-bond donors (Lipinski definition) is 0. The Labute approximate surface area is 174 Å². The summed E-state index contributed by atoms with van der Waals surface area (Å²) in [4.78, 5) is 30.6. The highest BCUT2D eigenvalue weighted by atomic mass is 32.2. The number of carbonyl (C=O) groups is 2. The van der Waals surface area contributed by atoms with Gasteiger partial charge in [-0.3, -0.25) is 9.59 Å². The Hall–Kier alpha value is -2.51. The lowest BCUT2D eigenvalue weighted by molar-refractivity contribution is -0.142. The topological polar surface area (TPSA) is 59.1 Å². The van der Waals surface area contributed by atoms with Crippen molar-refractivity contribution in [1.82, 2.24) is 4.90 Å². The summed E-state index contributed by atoms with van der Waals surface area (Å²) in [5.41, 5.74) is 1.86. The molecule has 2 aromatic rings. The zero-order chi connectivity index (χ0) is 20.2. The average Bonchev–Trinajstić information content (AvgIpc) is 2.77. The SMILES string of the molecule is Cc1ccccc1SCC(=O)N1C[C@@H](C(=O)N2CCOCC2)Oc2ccccc21. The minimum atomic E-state index is -0.699. The van der Waals surface area contributed by atoms with E-state index < -0.39 is 6.10 Å². The molecule has 0 spiro atoms. The van der Waals surface area contributed by atoms with E-state index in [0.29, 0.717) is 43.5 Å². The van der Waals surface area contributed by atoms with Crippen LogP contribution in [0, 0.1) is 6.92 Å². The molecule has 0 bridgehead atoms. The van der Waals surface area contributed by atoms with Crippen LogP contribution in [0.15, 0.2) is 53.4 Å². The fourth-order valence-corrected chi connectivity index (χ4v) is 4.43. The van der Waals surface area contributed by atoms with Crippen molar-refractivity contribution >= 4 is 29.3 Å². The van der Waals surface area contributed by atoms with Crippen LogP contribution in [0.5, 0.6) is 5.75 Å². The highest BCUT2D eigenvalue weighted by Crippen LogP contribution is 2.34. The van der Waals surface area contributed by atoms with Gasteiger partial charge in [0.1, 0.15) is 5.75 Å². The molecule has 29 heavy (non-hydrogen) atoms. The molecule has 2 heterocycles. The molecule has 0 aliphatic carbocycles. The van der Waals surface area contributed by atoms with Gasteiger partial charge in [0.25, 0.3) is 5.91 Å². The second-order valence-corrected chi connectivity index (χ2v) is 8.09. The number of rotatable bonds is 4. The van der Waals surface area contributed by atoms with Gasteiger partial charge in [0.2, 0.25) is 5.91 Å². The molecule has 2 aliphatic heterocycles. The summed E-state index contributed by atoms with van der Waals surface area (Å²) in [6, 6.07) is 15.4. The first-order valence-corrected chi connectivity index (χ1v) is 10.7. The molecule has 1 fully saturated rings. The number of amides is 2. The van der Waals surface area contributed by atoms with Crippen molar-refractivity contribution in [2.45, 2.75) is 17.9 Å². The molecule has 6 nitrogen and oxygen atoms in total. The molecule has 2 amide bonds. The van der Waals surface area contributed by atoms with Crippen LogP contribution in [0.1, 0.15) is 5.56 Å². The molecular weight excluding hydrogens is 388 g/mol. The fourth-order valence-electron chi connectivity index (χ4n) is 3.52. The number of benzene rings is 2. The number of aryl methyl sites for hydroxylation is 1. The third kappa shape index (κ3) is 4.41. The Balaban J connectivity index is 1.50. The van der Waals surface area contributed by atoms with Crippen molar-refractivity contribution in [2.24, 2.45) is 0 Å². The first-order valence-electron chi connectivity index (χ1n) is 9.74. The van der Waals surface area contributed by atoms with Crippen LogP contribution in [0.2, 0.25) is 0 Å². The standard InChI is InChI=1S/C22H24N2O4S/c1-16-6-2-5-9-20(16)29-15-21(25)24-14-19(22(26)23-10-12-27-13-11-23)28-18-8-4-3-7-17(18)24/h2-9,19H,10-15H2,1H3/t19-/m0/s1. The minimum absolute atomic E-state index is 0.0335. The van der Waals surface area contributed by atoms with Gasteiger partial charge in [-0.05, 0) is 30.7 Å². The predicted molar refractivity (Wildman–Crippen MR) is 113 cm³/mol. The summed E-state index contributed by atoms with van der Waals surface area (Å²) in [5.74, 6) is 0.748. The molecule has 1 atom stereocenters. The monoisotopic (exact) mass is 412 g/mol. The van der Waals surface area contributed by atoms with Crippen molar-refractivity contribution in [1.29, 1.82) is 0 Å². The summed E-state index contributed by atoms with van der Waals surface area (Å²) in [7, 11) is 0. The largest absolute Gasteiger partial charge is 0.476 e. The number of morpholine rings is 1. The normalized spacial score (nSPS) is 18.7. The lowest BCUT2D eigenvalue weighted by atomic mass is 10.1. The van der Waals surface area contributed by atoms with Gasteiger partial charge in [-0.25, -0.2) is 0 Å². The van der Waals surface area contributed by atoms with Gasteiger partial charge in [-0.1, -0.05) is 30.3 Å². The molecule has 7 heteroatoms. The van der Waals surface area contributed by atoms with Crippen LogP contribution in [0.3, 0.4) is 0 Å². The highest BCUT2D eigenvalue weighted by Gasteiger charge is 2.36. The summed E-state index contributed by atoms with van der Waals surface area (Å²) in [6.45, 7) is 4.43. The van der Waals surface area contributed by atoms with E-state index in [-0.39, 0.29) is 18.4 Å². The molecular formula is C22H24N2O4S. The van der Waals surface area contributed by atoms with Crippen LogP contribution < -0.4 is 9.64 Å². The van der Waals surface area contributed by atoms with Crippen molar-refractivity contribution in [3.63, 3.8) is 0 Å². The predicted octanol–water partition coefficient (Wildman–Crippen LogP) is 2.74. The molecule has 2 aliphatic rings. The highest BCUT2D eigenvalue weighted by molar-refractivity contribution is 8.00. The number of hydrogen-bond acceptors (Lipinski definition) is 5. The van der Waals surface area contributed by atoms with Gasteiger partial charge in [0, 0.05) is 18.0 Å². The molecule has 0 aromatic heterocycles. The summed E-state index contributed by atoms with van der Waals surface area (Å²) >= 11 is 1.52. The third-order valence-electron chi connectivity index (χ3n) is 5.12. The third-order valence-corrected chi connectivity index (χ3v) is 6.28. The van der Waals surface area contributed by atoms with Gasteiger partial charge >= 0.3 is 0 Å². The average molecular weight is 413 g/mol. The molecule has 2 aromatic carbocycles. The van der Waals surface area contributed by atoms with Crippen molar-refractivity contribution in [3.05, 3.63) is 54.1 Å². The summed E-state index contributed by atoms with van der Waals surface area (Å²) in [6.07, 6.45) is -0.699. The first-order chi connectivity index (χ1) is 14.1. The van der Waals surface area contributed by atoms with E-state index in [1.54, 1.807) is 9.80 Å². The number of fused-ring (bicyclic) bond motifs is 1. The molecule has 0 unspecified atom stereocenters. The quantitative estimate of drug-likeness (QED) is 0.723. The van der Waals surface area contributed by atoms with Gasteiger partial charge in [0.05, 0.1) is 31.2 Å². The van der Waals surface area contributed by atoms with Crippen molar-refractivity contribution in [3.8, 4) is 5.75 Å². The maximum atomic E-state index is 13.1. The van der Waals surface area contributed by atoms with Crippen molar-refractivity contribution in [2.75, 3.05) is 43.5 Å². The zero-order valence-electron chi connectivity index (χ0n) is 16.4. The summed E-state index contributed by atoms with van der Waals surface area (Å²) < 4.78 is 11.3. The van der Waals surface area contributed by atoms with E-state index in [0.717, 1.165) is 10.5 Å². The number of carbonyl (C=O) groups excluding carboxylic acids is 2. The second-order valence-electron chi connectivity index (χ2n) is 7.07. The van der Waals surface area contributed by atoms with Crippen LogP contribution >= 0.6 is 11.8 Å². The molecule has 0 radical (unpaired) electrons. The Kier molecular flexibility index (Phi) is 6.06. The molecule has 4 rings (SSSR count). The smallest absolute Gasteiger partial charge is 0.265 e.